The van der Waals surface area contributed by atoms with Crippen molar-refractivity contribution in [1.29, 1.82) is 0 Å². The summed E-state index contributed by atoms with van der Waals surface area (Å²) in [5.74, 6) is -0.999. The predicted octanol–water partition coefficient (Wildman–Crippen LogP) is 2.44. The Kier molecular flexibility index (Phi) is 4.30. The summed E-state index contributed by atoms with van der Waals surface area (Å²) in [5, 5.41) is 6.50. The Morgan fingerprint density at radius 3 is 2.56 bits per heavy atom. The molecule has 0 spiro atoms. The fraction of sp³-hybridized carbons (Fsp3) is 0.571. The molecule has 4 heteroatoms. The molecule has 0 atom stereocenters. The molecule has 1 fully saturated rings. The lowest BCUT2D eigenvalue weighted by molar-refractivity contribution is 0.130. The van der Waals surface area contributed by atoms with Crippen LogP contribution < -0.4 is 10.6 Å². The van der Waals surface area contributed by atoms with E-state index in [1.54, 1.807) is 0 Å². The number of benzene rings is 1. The minimum atomic E-state index is -0.526. The van der Waals surface area contributed by atoms with Crippen molar-refractivity contribution in [2.75, 3.05) is 20.1 Å². The second-order valence-corrected chi connectivity index (χ2v) is 5.22. The molecule has 0 saturated heterocycles. The predicted molar refractivity (Wildman–Crippen MR) is 68.3 cm³/mol. The largest absolute Gasteiger partial charge is 0.319 e. The van der Waals surface area contributed by atoms with E-state index < -0.39 is 11.6 Å². The van der Waals surface area contributed by atoms with Crippen molar-refractivity contribution >= 4 is 0 Å². The highest BCUT2D eigenvalue weighted by atomic mass is 19.1. The van der Waals surface area contributed by atoms with Gasteiger partial charge in [-0.1, -0.05) is 12.5 Å². The maximum Gasteiger partial charge on any atom is 0.130 e. The van der Waals surface area contributed by atoms with Gasteiger partial charge in [-0.25, -0.2) is 8.78 Å². The van der Waals surface area contributed by atoms with Gasteiger partial charge in [0.05, 0.1) is 0 Å². The molecule has 18 heavy (non-hydrogen) atoms. The second kappa shape index (κ2) is 5.76. The van der Waals surface area contributed by atoms with Crippen molar-refractivity contribution in [2.45, 2.75) is 25.8 Å². The first-order valence-corrected chi connectivity index (χ1v) is 6.44. The van der Waals surface area contributed by atoms with Gasteiger partial charge in [0.1, 0.15) is 11.6 Å². The van der Waals surface area contributed by atoms with Gasteiger partial charge in [-0.05, 0) is 31.4 Å². The van der Waals surface area contributed by atoms with Crippen LogP contribution >= 0.6 is 0 Å². The van der Waals surface area contributed by atoms with Gasteiger partial charge in [0.15, 0.2) is 0 Å². The molecular weight excluding hydrogens is 234 g/mol. The quantitative estimate of drug-likeness (QED) is 0.815. The highest BCUT2D eigenvalue weighted by Crippen LogP contribution is 2.39. The van der Waals surface area contributed by atoms with E-state index in [1.807, 2.05) is 7.05 Å². The van der Waals surface area contributed by atoms with E-state index in [4.69, 9.17) is 0 Å². The Morgan fingerprint density at radius 1 is 1.22 bits per heavy atom. The number of hydrogen-bond acceptors (Lipinski definition) is 2. The van der Waals surface area contributed by atoms with E-state index in [9.17, 15) is 8.78 Å². The maximum absolute atomic E-state index is 13.4. The van der Waals surface area contributed by atoms with Gasteiger partial charge < -0.3 is 10.6 Å². The Hall–Kier alpha value is -1.00. The lowest BCUT2D eigenvalue weighted by Gasteiger charge is -2.42. The third kappa shape index (κ3) is 3.06. The monoisotopic (exact) mass is 254 g/mol. The van der Waals surface area contributed by atoms with Crippen LogP contribution in [0.1, 0.15) is 24.8 Å². The molecule has 0 heterocycles. The maximum atomic E-state index is 13.4. The average Bonchev–Trinajstić information content (AvgIpc) is 2.28. The van der Waals surface area contributed by atoms with Gasteiger partial charge >= 0.3 is 0 Å². The average molecular weight is 254 g/mol. The zero-order valence-electron chi connectivity index (χ0n) is 10.7. The molecule has 100 valence electrons. The Balaban J connectivity index is 1.84. The van der Waals surface area contributed by atoms with Gasteiger partial charge in [0.2, 0.25) is 0 Å². The standard InChI is InChI=1S/C14H20F2N2/c1-17-9-14(5-2-6-14)10-18-8-11-3-4-12(15)7-13(11)16/h3-4,7,17-18H,2,5-6,8-10H2,1H3. The third-order valence-corrected chi connectivity index (χ3v) is 3.80. The van der Waals surface area contributed by atoms with Crippen molar-refractivity contribution in [3.8, 4) is 0 Å². The molecule has 0 aliphatic heterocycles. The van der Waals surface area contributed by atoms with Crippen molar-refractivity contribution < 1.29 is 8.78 Å². The third-order valence-electron chi connectivity index (χ3n) is 3.80. The molecule has 0 aromatic heterocycles. The van der Waals surface area contributed by atoms with Gasteiger partial charge in [0.25, 0.3) is 0 Å². The summed E-state index contributed by atoms with van der Waals surface area (Å²) in [6.07, 6.45) is 3.70. The Morgan fingerprint density at radius 2 is 2.00 bits per heavy atom. The second-order valence-electron chi connectivity index (χ2n) is 5.22. The highest BCUT2D eigenvalue weighted by molar-refractivity contribution is 5.18. The number of hydrogen-bond donors (Lipinski definition) is 2. The molecule has 0 radical (unpaired) electrons. The van der Waals surface area contributed by atoms with Gasteiger partial charge in [0, 0.05) is 31.3 Å². The van der Waals surface area contributed by atoms with E-state index in [0.717, 1.165) is 19.2 Å². The molecule has 2 rings (SSSR count). The van der Waals surface area contributed by atoms with Gasteiger partial charge in [-0.2, -0.15) is 0 Å². The topological polar surface area (TPSA) is 24.1 Å². The van der Waals surface area contributed by atoms with Gasteiger partial charge in [-0.15, -0.1) is 0 Å². The summed E-state index contributed by atoms with van der Waals surface area (Å²) in [6, 6.07) is 3.74. The van der Waals surface area contributed by atoms with Crippen molar-refractivity contribution in [3.63, 3.8) is 0 Å². The molecule has 1 aliphatic rings. The van der Waals surface area contributed by atoms with Crippen LogP contribution in [0.25, 0.3) is 0 Å². The molecule has 0 unspecified atom stereocenters. The Bertz CT molecular complexity index is 403. The Labute approximate surface area is 107 Å². The summed E-state index contributed by atoms with van der Waals surface area (Å²) < 4.78 is 26.2. The van der Waals surface area contributed by atoms with Crippen LogP contribution in [0.15, 0.2) is 18.2 Å². The molecule has 1 aromatic rings. The molecule has 0 amide bonds. The lowest BCUT2D eigenvalue weighted by atomic mass is 9.68. The van der Waals surface area contributed by atoms with Crippen LogP contribution in [0.5, 0.6) is 0 Å². The first kappa shape index (κ1) is 13.4. The number of nitrogens with one attached hydrogen (secondary N) is 2. The fourth-order valence-electron chi connectivity index (χ4n) is 2.60. The van der Waals surface area contributed by atoms with Crippen LogP contribution in [-0.4, -0.2) is 20.1 Å². The van der Waals surface area contributed by atoms with Crippen LogP contribution in [0.4, 0.5) is 8.78 Å². The summed E-state index contributed by atoms with van der Waals surface area (Å²) in [5.41, 5.74) is 0.848. The van der Waals surface area contributed by atoms with E-state index >= 15 is 0 Å². The zero-order chi connectivity index (χ0) is 13.0. The smallest absolute Gasteiger partial charge is 0.130 e. The SMILES string of the molecule is CNCC1(CNCc2ccc(F)cc2F)CCC1. The van der Waals surface area contributed by atoms with Crippen molar-refractivity contribution in [2.24, 2.45) is 5.41 Å². The molecule has 1 aliphatic carbocycles. The first-order chi connectivity index (χ1) is 8.65. The minimum Gasteiger partial charge on any atom is -0.319 e. The summed E-state index contributed by atoms with van der Waals surface area (Å²) in [6.45, 7) is 2.33. The normalized spacial score (nSPS) is 17.5. The van der Waals surface area contributed by atoms with Crippen LogP contribution in [0.3, 0.4) is 0 Å². The molecular formula is C14H20F2N2. The summed E-state index contributed by atoms with van der Waals surface area (Å²) >= 11 is 0. The lowest BCUT2D eigenvalue weighted by Crippen LogP contribution is -2.46. The first-order valence-electron chi connectivity index (χ1n) is 6.44. The van der Waals surface area contributed by atoms with E-state index in [-0.39, 0.29) is 0 Å². The van der Waals surface area contributed by atoms with Crippen LogP contribution in [-0.2, 0) is 6.54 Å². The summed E-state index contributed by atoms with van der Waals surface area (Å²) in [4.78, 5) is 0. The molecule has 0 bridgehead atoms. The van der Waals surface area contributed by atoms with Crippen LogP contribution in [0, 0.1) is 17.0 Å². The molecule has 1 saturated carbocycles. The summed E-state index contributed by atoms with van der Waals surface area (Å²) in [7, 11) is 1.96. The van der Waals surface area contributed by atoms with Crippen molar-refractivity contribution in [1.82, 2.24) is 10.6 Å². The molecule has 2 N–H and O–H groups in total. The van der Waals surface area contributed by atoms with E-state index in [1.165, 1.54) is 31.4 Å². The minimum absolute atomic E-state index is 0.325. The van der Waals surface area contributed by atoms with E-state index in [0.29, 0.717) is 17.5 Å². The fourth-order valence-corrected chi connectivity index (χ4v) is 2.60. The van der Waals surface area contributed by atoms with Crippen LogP contribution in [0.2, 0.25) is 0 Å². The van der Waals surface area contributed by atoms with E-state index in [2.05, 4.69) is 10.6 Å². The molecule has 2 nitrogen and oxygen atoms in total. The number of rotatable bonds is 6. The number of halogens is 2. The van der Waals surface area contributed by atoms with Crippen molar-refractivity contribution in [3.05, 3.63) is 35.4 Å². The highest BCUT2D eigenvalue weighted by Gasteiger charge is 2.35. The zero-order valence-corrected chi connectivity index (χ0v) is 10.7. The molecule has 1 aromatic carbocycles. The van der Waals surface area contributed by atoms with Gasteiger partial charge in [-0.3, -0.25) is 0 Å².